The van der Waals surface area contributed by atoms with E-state index in [1.807, 2.05) is 0 Å². The third-order valence-electron chi connectivity index (χ3n) is 6.07. The molecule has 2 saturated carbocycles. The molecular formula is C18H34N2. The van der Waals surface area contributed by atoms with E-state index in [2.05, 4.69) is 24.1 Å². The van der Waals surface area contributed by atoms with E-state index in [1.165, 1.54) is 71.0 Å². The average molecular weight is 278 g/mol. The van der Waals surface area contributed by atoms with Gasteiger partial charge in [0.1, 0.15) is 0 Å². The Kier molecular flexibility index (Phi) is 5.04. The molecule has 1 N–H and O–H groups in total. The summed E-state index contributed by atoms with van der Waals surface area (Å²) in [6, 6.07) is 1.72. The van der Waals surface area contributed by atoms with Crippen molar-refractivity contribution in [2.24, 2.45) is 17.8 Å². The molecule has 2 nitrogen and oxygen atoms in total. The summed E-state index contributed by atoms with van der Waals surface area (Å²) in [5.41, 5.74) is 0. The van der Waals surface area contributed by atoms with Gasteiger partial charge in [0.2, 0.25) is 0 Å². The van der Waals surface area contributed by atoms with Crippen LogP contribution in [-0.4, -0.2) is 36.6 Å². The van der Waals surface area contributed by atoms with Crippen LogP contribution in [0, 0.1) is 17.8 Å². The van der Waals surface area contributed by atoms with Crippen LogP contribution < -0.4 is 5.32 Å². The zero-order valence-corrected chi connectivity index (χ0v) is 13.6. The molecule has 0 radical (unpaired) electrons. The van der Waals surface area contributed by atoms with Crippen LogP contribution in [0.4, 0.5) is 0 Å². The number of nitrogens with zero attached hydrogens (tertiary/aromatic N) is 1. The lowest BCUT2D eigenvalue weighted by atomic mass is 9.78. The van der Waals surface area contributed by atoms with Crippen LogP contribution in [0.1, 0.15) is 65.2 Å². The van der Waals surface area contributed by atoms with Gasteiger partial charge in [0.15, 0.2) is 0 Å². The standard InChI is InChI=1S/C18H34N2/c1-14(2)16-4-3-5-18(12-16)20-10-8-17(9-11-20)19-13-15-6-7-15/h14-19H,3-13H2,1-2H3. The molecule has 20 heavy (non-hydrogen) atoms. The summed E-state index contributed by atoms with van der Waals surface area (Å²) < 4.78 is 0. The van der Waals surface area contributed by atoms with Crippen molar-refractivity contribution in [3.63, 3.8) is 0 Å². The largest absolute Gasteiger partial charge is 0.314 e. The van der Waals surface area contributed by atoms with Gasteiger partial charge < -0.3 is 10.2 Å². The molecule has 1 heterocycles. The summed E-state index contributed by atoms with van der Waals surface area (Å²) in [7, 11) is 0. The molecule has 0 bridgehead atoms. The van der Waals surface area contributed by atoms with Crippen molar-refractivity contribution >= 4 is 0 Å². The highest BCUT2D eigenvalue weighted by molar-refractivity contribution is 4.87. The van der Waals surface area contributed by atoms with E-state index >= 15 is 0 Å². The number of hydrogen-bond donors (Lipinski definition) is 1. The molecule has 2 unspecified atom stereocenters. The zero-order chi connectivity index (χ0) is 13.9. The minimum Gasteiger partial charge on any atom is -0.314 e. The summed E-state index contributed by atoms with van der Waals surface area (Å²) >= 11 is 0. The second kappa shape index (κ2) is 6.79. The van der Waals surface area contributed by atoms with Crippen LogP contribution in [-0.2, 0) is 0 Å². The lowest BCUT2D eigenvalue weighted by Crippen LogP contribution is -2.48. The van der Waals surface area contributed by atoms with Crippen molar-refractivity contribution in [2.75, 3.05) is 19.6 Å². The van der Waals surface area contributed by atoms with E-state index < -0.39 is 0 Å². The molecule has 2 heteroatoms. The number of rotatable bonds is 5. The van der Waals surface area contributed by atoms with Gasteiger partial charge in [-0.2, -0.15) is 0 Å². The first-order valence-corrected chi connectivity index (χ1v) is 9.20. The smallest absolute Gasteiger partial charge is 0.00980 e. The Balaban J connectivity index is 1.40. The Morgan fingerprint density at radius 2 is 1.75 bits per heavy atom. The number of piperidine rings is 1. The van der Waals surface area contributed by atoms with Crippen molar-refractivity contribution in [2.45, 2.75) is 77.3 Å². The van der Waals surface area contributed by atoms with Crippen molar-refractivity contribution in [1.29, 1.82) is 0 Å². The van der Waals surface area contributed by atoms with Gasteiger partial charge in [-0.25, -0.2) is 0 Å². The fourth-order valence-electron chi connectivity index (χ4n) is 4.26. The van der Waals surface area contributed by atoms with E-state index in [1.54, 1.807) is 0 Å². The molecule has 1 saturated heterocycles. The quantitative estimate of drug-likeness (QED) is 0.825. The van der Waals surface area contributed by atoms with Crippen molar-refractivity contribution in [3.8, 4) is 0 Å². The second-order valence-electron chi connectivity index (χ2n) is 7.99. The highest BCUT2D eigenvalue weighted by Crippen LogP contribution is 2.33. The zero-order valence-electron chi connectivity index (χ0n) is 13.6. The summed E-state index contributed by atoms with van der Waals surface area (Å²) in [4.78, 5) is 2.82. The monoisotopic (exact) mass is 278 g/mol. The minimum absolute atomic E-state index is 0.816. The summed E-state index contributed by atoms with van der Waals surface area (Å²) in [5.74, 6) is 2.90. The first-order chi connectivity index (χ1) is 9.72. The number of hydrogen-bond acceptors (Lipinski definition) is 2. The van der Waals surface area contributed by atoms with Gasteiger partial charge in [-0.3, -0.25) is 0 Å². The van der Waals surface area contributed by atoms with Crippen LogP contribution in [0.15, 0.2) is 0 Å². The Labute approximate surface area is 125 Å². The van der Waals surface area contributed by atoms with Crippen molar-refractivity contribution in [1.82, 2.24) is 10.2 Å². The maximum atomic E-state index is 3.81. The maximum absolute atomic E-state index is 3.81. The molecule has 1 aliphatic heterocycles. The molecule has 0 spiro atoms. The SMILES string of the molecule is CC(C)C1CCCC(N2CCC(NCC3CC3)CC2)C1. The minimum atomic E-state index is 0.816. The van der Waals surface area contributed by atoms with Gasteiger partial charge in [-0.1, -0.05) is 26.7 Å². The lowest BCUT2D eigenvalue weighted by Gasteiger charge is -2.42. The van der Waals surface area contributed by atoms with Crippen LogP contribution in [0.25, 0.3) is 0 Å². The summed E-state index contributed by atoms with van der Waals surface area (Å²) in [6.45, 7) is 8.82. The summed E-state index contributed by atoms with van der Waals surface area (Å²) in [6.07, 6.45) is 11.6. The Bertz CT molecular complexity index is 290. The predicted octanol–water partition coefficient (Wildman–Crippen LogP) is 3.67. The van der Waals surface area contributed by atoms with Gasteiger partial charge in [0, 0.05) is 12.1 Å². The molecule has 116 valence electrons. The predicted molar refractivity (Wildman–Crippen MR) is 85.9 cm³/mol. The van der Waals surface area contributed by atoms with Gasteiger partial charge in [0.05, 0.1) is 0 Å². The van der Waals surface area contributed by atoms with Crippen LogP contribution in [0.5, 0.6) is 0 Å². The molecule has 2 aliphatic carbocycles. The van der Waals surface area contributed by atoms with E-state index in [-0.39, 0.29) is 0 Å². The first kappa shape index (κ1) is 14.8. The topological polar surface area (TPSA) is 15.3 Å². The second-order valence-corrected chi connectivity index (χ2v) is 7.99. The number of nitrogens with one attached hydrogen (secondary N) is 1. The van der Waals surface area contributed by atoms with Crippen LogP contribution in [0.2, 0.25) is 0 Å². The highest BCUT2D eigenvalue weighted by Gasteiger charge is 2.31. The molecule has 3 rings (SSSR count). The third kappa shape index (κ3) is 3.98. The fourth-order valence-corrected chi connectivity index (χ4v) is 4.26. The Morgan fingerprint density at radius 1 is 1.00 bits per heavy atom. The first-order valence-electron chi connectivity index (χ1n) is 9.20. The van der Waals surface area contributed by atoms with E-state index in [0.29, 0.717) is 0 Å². The van der Waals surface area contributed by atoms with Gasteiger partial charge in [-0.15, -0.1) is 0 Å². The van der Waals surface area contributed by atoms with Crippen molar-refractivity contribution < 1.29 is 0 Å². The average Bonchev–Trinajstić information content (AvgIpc) is 3.30. The van der Waals surface area contributed by atoms with E-state index in [0.717, 1.165) is 29.8 Å². The molecular weight excluding hydrogens is 244 g/mol. The van der Waals surface area contributed by atoms with Gasteiger partial charge >= 0.3 is 0 Å². The molecule has 3 aliphatic rings. The Hall–Kier alpha value is -0.0800. The molecule has 0 aromatic carbocycles. The Morgan fingerprint density at radius 3 is 2.40 bits per heavy atom. The third-order valence-corrected chi connectivity index (χ3v) is 6.07. The molecule has 0 aromatic rings. The molecule has 0 amide bonds. The van der Waals surface area contributed by atoms with Gasteiger partial charge in [0.25, 0.3) is 0 Å². The normalized spacial score (nSPS) is 33.8. The molecule has 0 aromatic heterocycles. The highest BCUT2D eigenvalue weighted by atomic mass is 15.2. The fraction of sp³-hybridized carbons (Fsp3) is 1.00. The number of likely N-dealkylation sites (tertiary alicyclic amines) is 1. The lowest BCUT2D eigenvalue weighted by molar-refractivity contribution is 0.0860. The maximum Gasteiger partial charge on any atom is 0.00980 e. The van der Waals surface area contributed by atoms with Crippen LogP contribution in [0.3, 0.4) is 0 Å². The van der Waals surface area contributed by atoms with E-state index in [4.69, 9.17) is 0 Å². The summed E-state index contributed by atoms with van der Waals surface area (Å²) in [5, 5.41) is 3.81. The van der Waals surface area contributed by atoms with Crippen LogP contribution >= 0.6 is 0 Å². The van der Waals surface area contributed by atoms with E-state index in [9.17, 15) is 0 Å². The molecule has 2 atom stereocenters. The van der Waals surface area contributed by atoms with Crippen molar-refractivity contribution in [3.05, 3.63) is 0 Å². The van der Waals surface area contributed by atoms with Gasteiger partial charge in [-0.05, 0) is 75.9 Å². The molecule has 3 fully saturated rings.